The van der Waals surface area contributed by atoms with E-state index < -0.39 is 15.5 Å². The number of rotatable bonds is 2. The van der Waals surface area contributed by atoms with Gasteiger partial charge in [0.25, 0.3) is 0 Å². The van der Waals surface area contributed by atoms with Gasteiger partial charge in [-0.15, -0.1) is 0 Å². The van der Waals surface area contributed by atoms with Gasteiger partial charge in [0.05, 0.1) is 11.4 Å². The molecule has 0 saturated carbocycles. The van der Waals surface area contributed by atoms with Crippen LogP contribution in [0.3, 0.4) is 0 Å². The second-order valence-electron chi connectivity index (χ2n) is 2.82. The van der Waals surface area contributed by atoms with Crippen molar-refractivity contribution < 1.29 is 21.6 Å². The third-order valence-electron chi connectivity index (χ3n) is 1.60. The molecule has 0 spiro atoms. The van der Waals surface area contributed by atoms with Crippen LogP contribution in [0, 0.1) is 6.92 Å². The molecule has 0 atom stereocenters. The zero-order valence-corrected chi connectivity index (χ0v) is 9.41. The highest BCUT2D eigenvalue weighted by atomic mass is 35.5. The lowest BCUT2D eigenvalue weighted by Gasteiger charge is -2.11. The lowest BCUT2D eigenvalue weighted by molar-refractivity contribution is -0.0429. The Hall–Kier alpha value is -1.02. The normalized spacial score (nSPS) is 12.6. The molecule has 0 unspecified atom stereocenters. The Morgan fingerprint density at radius 2 is 1.94 bits per heavy atom. The van der Waals surface area contributed by atoms with Crippen LogP contribution in [0.15, 0.2) is 12.1 Å². The molecule has 0 saturated heterocycles. The molecule has 1 N–H and O–H groups in total. The van der Waals surface area contributed by atoms with Crippen molar-refractivity contribution >= 4 is 27.3 Å². The summed E-state index contributed by atoms with van der Waals surface area (Å²) in [5.41, 5.74) is -5.57. The van der Waals surface area contributed by atoms with Crippen molar-refractivity contribution in [2.75, 3.05) is 4.72 Å². The van der Waals surface area contributed by atoms with E-state index in [1.807, 2.05) is 0 Å². The largest absolute Gasteiger partial charge is 0.516 e. The van der Waals surface area contributed by atoms with E-state index in [1.54, 1.807) is 0 Å². The Kier molecular flexibility index (Phi) is 3.34. The minimum atomic E-state index is -5.42. The number of sulfonamides is 1. The molecule has 1 rings (SSSR count). The first kappa shape index (κ1) is 13.0. The van der Waals surface area contributed by atoms with Crippen LogP contribution in [0.25, 0.3) is 0 Å². The van der Waals surface area contributed by atoms with Crippen LogP contribution < -0.4 is 4.72 Å². The van der Waals surface area contributed by atoms with Crippen molar-refractivity contribution in [1.82, 2.24) is 4.98 Å². The summed E-state index contributed by atoms with van der Waals surface area (Å²) in [4.78, 5) is 3.61. The predicted octanol–water partition coefficient (Wildman–Crippen LogP) is 2.30. The lowest BCUT2D eigenvalue weighted by Crippen LogP contribution is -2.30. The summed E-state index contributed by atoms with van der Waals surface area (Å²) in [7, 11) is -5.42. The molecule has 1 aromatic rings. The first-order valence-corrected chi connectivity index (χ1v) is 5.72. The van der Waals surface area contributed by atoms with Gasteiger partial charge in [0.1, 0.15) is 5.15 Å². The Bertz CT molecular complexity index is 501. The van der Waals surface area contributed by atoms with Crippen molar-refractivity contribution in [3.05, 3.63) is 23.0 Å². The van der Waals surface area contributed by atoms with Gasteiger partial charge < -0.3 is 0 Å². The number of nitrogens with zero attached hydrogens (tertiary/aromatic N) is 1. The maximum Gasteiger partial charge on any atom is 0.516 e. The SMILES string of the molecule is Cc1nc(Cl)ccc1NS(=O)(=O)C(F)(F)F. The van der Waals surface area contributed by atoms with E-state index in [0.29, 0.717) is 0 Å². The van der Waals surface area contributed by atoms with Crippen LogP contribution in [0.1, 0.15) is 5.69 Å². The summed E-state index contributed by atoms with van der Waals surface area (Å²) >= 11 is 5.47. The molecular weight excluding hydrogens is 269 g/mol. The van der Waals surface area contributed by atoms with Crippen molar-refractivity contribution in [1.29, 1.82) is 0 Å². The predicted molar refractivity (Wildman–Crippen MR) is 52.6 cm³/mol. The number of pyridine rings is 1. The highest BCUT2D eigenvalue weighted by molar-refractivity contribution is 7.93. The number of nitrogens with one attached hydrogen (secondary N) is 1. The summed E-state index contributed by atoms with van der Waals surface area (Å²) in [5, 5.41) is 0.0625. The van der Waals surface area contributed by atoms with Crippen LogP contribution in [0.2, 0.25) is 5.15 Å². The van der Waals surface area contributed by atoms with E-state index in [4.69, 9.17) is 11.6 Å². The molecule has 1 aromatic heterocycles. The van der Waals surface area contributed by atoms with Crippen molar-refractivity contribution in [2.45, 2.75) is 12.4 Å². The highest BCUT2D eigenvalue weighted by Crippen LogP contribution is 2.26. The molecule has 0 aliphatic carbocycles. The molecule has 0 amide bonds. The maximum atomic E-state index is 12.0. The van der Waals surface area contributed by atoms with Crippen LogP contribution in [-0.2, 0) is 10.0 Å². The third kappa shape index (κ3) is 2.76. The summed E-state index contributed by atoms with van der Waals surface area (Å²) in [6, 6.07) is 2.29. The van der Waals surface area contributed by atoms with Crippen molar-refractivity contribution in [2.24, 2.45) is 0 Å². The van der Waals surface area contributed by atoms with Gasteiger partial charge in [-0.25, -0.2) is 4.98 Å². The fraction of sp³-hybridized carbons (Fsp3) is 0.286. The fourth-order valence-corrected chi connectivity index (χ4v) is 1.65. The number of anilines is 1. The van der Waals surface area contributed by atoms with Crippen LogP contribution in [0.5, 0.6) is 0 Å². The average Bonchev–Trinajstić information content (AvgIpc) is 2.08. The van der Waals surface area contributed by atoms with Crippen LogP contribution in [-0.4, -0.2) is 18.9 Å². The molecular formula is C7H6ClF3N2O2S. The molecule has 0 fully saturated rings. The van der Waals surface area contributed by atoms with Gasteiger partial charge in [-0.1, -0.05) is 11.6 Å². The Morgan fingerprint density at radius 3 is 2.38 bits per heavy atom. The quantitative estimate of drug-likeness (QED) is 0.842. The Balaban J connectivity index is 3.07. The standard InChI is InChI=1S/C7H6ClF3N2O2S/c1-4-5(2-3-6(8)12-4)13-16(14,15)7(9,10)11/h2-3,13H,1H3. The Morgan fingerprint density at radius 1 is 1.38 bits per heavy atom. The molecule has 9 heteroatoms. The number of hydrogen-bond acceptors (Lipinski definition) is 3. The summed E-state index contributed by atoms with van der Waals surface area (Å²) < 4.78 is 59.0. The molecule has 4 nitrogen and oxygen atoms in total. The average molecular weight is 275 g/mol. The van der Waals surface area contributed by atoms with Gasteiger partial charge in [-0.3, -0.25) is 4.72 Å². The van der Waals surface area contributed by atoms with E-state index in [9.17, 15) is 21.6 Å². The zero-order valence-electron chi connectivity index (χ0n) is 7.84. The molecule has 1 heterocycles. The summed E-state index contributed by atoms with van der Waals surface area (Å²) in [5.74, 6) is 0. The fourth-order valence-electron chi connectivity index (χ4n) is 0.841. The number of halogens is 4. The summed E-state index contributed by atoms with van der Waals surface area (Å²) in [6.45, 7) is 1.33. The van der Waals surface area contributed by atoms with Crippen molar-refractivity contribution in [3.63, 3.8) is 0 Å². The van der Waals surface area contributed by atoms with Crippen molar-refractivity contribution in [3.8, 4) is 0 Å². The highest BCUT2D eigenvalue weighted by Gasteiger charge is 2.46. The zero-order chi connectivity index (χ0) is 12.6. The molecule has 16 heavy (non-hydrogen) atoms. The molecule has 0 bridgehead atoms. The third-order valence-corrected chi connectivity index (χ3v) is 2.91. The number of aromatic nitrogens is 1. The number of hydrogen-bond donors (Lipinski definition) is 1. The van der Waals surface area contributed by atoms with E-state index >= 15 is 0 Å². The molecule has 0 radical (unpaired) electrons. The van der Waals surface area contributed by atoms with E-state index in [1.165, 1.54) is 17.7 Å². The van der Waals surface area contributed by atoms with Gasteiger partial charge in [0.15, 0.2) is 0 Å². The van der Waals surface area contributed by atoms with E-state index in [-0.39, 0.29) is 16.5 Å². The van der Waals surface area contributed by atoms with Gasteiger partial charge in [0, 0.05) is 0 Å². The van der Waals surface area contributed by atoms with Crippen LogP contribution in [0.4, 0.5) is 18.9 Å². The smallest absolute Gasteiger partial charge is 0.274 e. The second kappa shape index (κ2) is 4.10. The maximum absolute atomic E-state index is 12.0. The minimum absolute atomic E-state index is 0.0559. The molecule has 90 valence electrons. The molecule has 0 aliphatic rings. The Labute approximate surface area is 94.5 Å². The first-order valence-electron chi connectivity index (χ1n) is 3.86. The van der Waals surface area contributed by atoms with E-state index in [2.05, 4.69) is 4.98 Å². The van der Waals surface area contributed by atoms with Crippen LogP contribution >= 0.6 is 11.6 Å². The number of alkyl halides is 3. The number of aryl methyl sites for hydroxylation is 1. The minimum Gasteiger partial charge on any atom is -0.274 e. The van der Waals surface area contributed by atoms with Gasteiger partial charge in [-0.2, -0.15) is 21.6 Å². The van der Waals surface area contributed by atoms with E-state index in [0.717, 1.165) is 6.07 Å². The lowest BCUT2D eigenvalue weighted by atomic mass is 10.3. The first-order chi connectivity index (χ1) is 7.13. The monoisotopic (exact) mass is 274 g/mol. The van der Waals surface area contributed by atoms with Gasteiger partial charge >= 0.3 is 15.5 Å². The summed E-state index contributed by atoms with van der Waals surface area (Å²) in [6.07, 6.45) is 0. The second-order valence-corrected chi connectivity index (χ2v) is 4.88. The topological polar surface area (TPSA) is 59.1 Å². The van der Waals surface area contributed by atoms with Gasteiger partial charge in [-0.05, 0) is 19.1 Å². The molecule has 0 aliphatic heterocycles. The molecule has 0 aromatic carbocycles. The van der Waals surface area contributed by atoms with Gasteiger partial charge in [0.2, 0.25) is 0 Å².